The molecule has 0 spiro atoms. The lowest BCUT2D eigenvalue weighted by Gasteiger charge is -2.12. The maximum Gasteiger partial charge on any atom is 0.253 e. The van der Waals surface area contributed by atoms with Crippen LogP contribution in [0.25, 0.3) is 0 Å². The van der Waals surface area contributed by atoms with E-state index in [9.17, 15) is 9.59 Å². The summed E-state index contributed by atoms with van der Waals surface area (Å²) < 4.78 is 5.00. The summed E-state index contributed by atoms with van der Waals surface area (Å²) in [5.74, 6) is -0.381. The number of nitrogens with zero attached hydrogens (tertiary/aromatic N) is 1. The van der Waals surface area contributed by atoms with Crippen LogP contribution in [0.1, 0.15) is 6.42 Å². The highest BCUT2D eigenvalue weighted by molar-refractivity contribution is 6.26. The largest absolute Gasteiger partial charge is 0.427 e. The summed E-state index contributed by atoms with van der Waals surface area (Å²) in [5, 5.41) is 0. The Morgan fingerprint density at radius 1 is 1.38 bits per heavy atom. The van der Waals surface area contributed by atoms with Crippen LogP contribution in [0.4, 0.5) is 0 Å². The van der Waals surface area contributed by atoms with Gasteiger partial charge in [-0.25, -0.2) is 0 Å². The third-order valence-electron chi connectivity index (χ3n) is 1.88. The normalized spacial score (nSPS) is 16.8. The van der Waals surface area contributed by atoms with E-state index < -0.39 is 9.76 Å². The second kappa shape index (κ2) is 4.93. The van der Waals surface area contributed by atoms with Gasteiger partial charge in [0.25, 0.3) is 11.8 Å². The number of hydrogen-bond acceptors (Lipinski definition) is 3. The lowest BCUT2D eigenvalue weighted by molar-refractivity contribution is -0.136. The fraction of sp³-hybridized carbons (Fsp3) is 0.500. The first-order valence-corrected chi connectivity index (χ1v) is 5.86. The van der Waals surface area contributed by atoms with Crippen molar-refractivity contribution >= 4 is 21.6 Å². The third-order valence-corrected chi connectivity index (χ3v) is 3.08. The number of rotatable bonds is 5. The lowest BCUT2D eigenvalue weighted by atomic mass is 10.4. The number of amides is 2. The van der Waals surface area contributed by atoms with E-state index in [0.29, 0.717) is 6.54 Å². The van der Waals surface area contributed by atoms with Crippen molar-refractivity contribution in [2.45, 2.75) is 12.5 Å². The van der Waals surface area contributed by atoms with Gasteiger partial charge in [0.1, 0.15) is 0 Å². The minimum atomic E-state index is -0.420. The van der Waals surface area contributed by atoms with Crippen LogP contribution in [0.5, 0.6) is 0 Å². The Labute approximate surface area is 79.5 Å². The SMILES string of the molecule is CO[SiH2]CCCN1C(=O)C=CC1=O. The van der Waals surface area contributed by atoms with Gasteiger partial charge in [0.2, 0.25) is 0 Å². The second-order valence-electron chi connectivity index (χ2n) is 2.86. The zero-order chi connectivity index (χ0) is 9.68. The van der Waals surface area contributed by atoms with E-state index >= 15 is 0 Å². The second-order valence-corrected chi connectivity index (χ2v) is 4.55. The fourth-order valence-corrected chi connectivity index (χ4v) is 1.88. The van der Waals surface area contributed by atoms with Crippen LogP contribution in [-0.4, -0.2) is 40.1 Å². The Morgan fingerprint density at radius 3 is 2.54 bits per heavy atom. The number of hydrogen-bond donors (Lipinski definition) is 0. The van der Waals surface area contributed by atoms with E-state index in [4.69, 9.17) is 4.43 Å². The van der Waals surface area contributed by atoms with Gasteiger partial charge in [0.05, 0.1) is 0 Å². The Kier molecular flexibility index (Phi) is 3.85. The zero-order valence-corrected chi connectivity index (χ0v) is 9.07. The molecule has 1 aliphatic rings. The van der Waals surface area contributed by atoms with E-state index in [0.717, 1.165) is 12.5 Å². The van der Waals surface area contributed by atoms with Gasteiger partial charge in [-0.05, 0) is 12.5 Å². The molecule has 1 heterocycles. The molecule has 72 valence electrons. The molecule has 0 saturated carbocycles. The van der Waals surface area contributed by atoms with E-state index in [1.54, 1.807) is 7.11 Å². The van der Waals surface area contributed by atoms with Gasteiger partial charge in [-0.2, -0.15) is 0 Å². The van der Waals surface area contributed by atoms with Crippen LogP contribution in [0, 0.1) is 0 Å². The van der Waals surface area contributed by atoms with Gasteiger partial charge in [0, 0.05) is 25.8 Å². The molecule has 0 atom stereocenters. The van der Waals surface area contributed by atoms with Crippen molar-refractivity contribution in [1.29, 1.82) is 0 Å². The van der Waals surface area contributed by atoms with Gasteiger partial charge < -0.3 is 4.43 Å². The van der Waals surface area contributed by atoms with Crippen molar-refractivity contribution in [2.75, 3.05) is 13.7 Å². The molecule has 0 aliphatic carbocycles. The molecule has 0 aromatic heterocycles. The van der Waals surface area contributed by atoms with Crippen LogP contribution in [-0.2, 0) is 14.0 Å². The average Bonchev–Trinajstić information content (AvgIpc) is 2.42. The summed E-state index contributed by atoms with van der Waals surface area (Å²) in [5.41, 5.74) is 0. The molecule has 0 saturated heterocycles. The van der Waals surface area contributed by atoms with Crippen LogP contribution in [0.2, 0.25) is 6.04 Å². The lowest BCUT2D eigenvalue weighted by Crippen LogP contribution is -2.30. The number of carbonyl (C=O) groups is 2. The first-order chi connectivity index (χ1) is 6.25. The molecule has 0 unspecified atom stereocenters. The van der Waals surface area contributed by atoms with Gasteiger partial charge in [-0.15, -0.1) is 0 Å². The molecule has 2 amide bonds. The Balaban J connectivity index is 2.22. The van der Waals surface area contributed by atoms with E-state index in [2.05, 4.69) is 0 Å². The van der Waals surface area contributed by atoms with Crippen LogP contribution in [0.3, 0.4) is 0 Å². The monoisotopic (exact) mass is 199 g/mol. The molecule has 0 N–H and O–H groups in total. The average molecular weight is 199 g/mol. The molecule has 0 radical (unpaired) electrons. The van der Waals surface area contributed by atoms with Gasteiger partial charge in [-0.3, -0.25) is 14.5 Å². The van der Waals surface area contributed by atoms with Crippen molar-refractivity contribution in [2.24, 2.45) is 0 Å². The molecule has 0 bridgehead atoms. The van der Waals surface area contributed by atoms with Gasteiger partial charge in [-0.1, -0.05) is 0 Å². The van der Waals surface area contributed by atoms with E-state index in [-0.39, 0.29) is 11.8 Å². The smallest absolute Gasteiger partial charge is 0.253 e. The molecule has 13 heavy (non-hydrogen) atoms. The zero-order valence-electron chi connectivity index (χ0n) is 7.66. The molecular weight excluding hydrogens is 186 g/mol. The van der Waals surface area contributed by atoms with Crippen molar-refractivity contribution in [3.8, 4) is 0 Å². The minimum absolute atomic E-state index is 0.191. The van der Waals surface area contributed by atoms with Gasteiger partial charge in [0.15, 0.2) is 9.76 Å². The molecule has 1 aliphatic heterocycles. The first kappa shape index (κ1) is 10.1. The fourth-order valence-electron chi connectivity index (χ4n) is 1.17. The maximum absolute atomic E-state index is 11.0. The number of carbonyl (C=O) groups excluding carboxylic acids is 2. The highest BCUT2D eigenvalue weighted by atomic mass is 28.2. The Bertz CT molecular complexity index is 222. The van der Waals surface area contributed by atoms with Crippen LogP contribution < -0.4 is 0 Å². The predicted octanol–water partition coefficient (Wildman–Crippen LogP) is -0.550. The maximum atomic E-state index is 11.0. The summed E-state index contributed by atoms with van der Waals surface area (Å²) in [6, 6.07) is 1.01. The molecule has 0 aromatic rings. The van der Waals surface area contributed by atoms with Gasteiger partial charge >= 0.3 is 0 Å². The third kappa shape index (κ3) is 2.78. The Morgan fingerprint density at radius 2 is 2.00 bits per heavy atom. The van der Waals surface area contributed by atoms with Crippen LogP contribution >= 0.6 is 0 Å². The van der Waals surface area contributed by atoms with Crippen molar-refractivity contribution in [1.82, 2.24) is 4.90 Å². The quantitative estimate of drug-likeness (QED) is 0.339. The topological polar surface area (TPSA) is 46.6 Å². The minimum Gasteiger partial charge on any atom is -0.427 e. The highest BCUT2D eigenvalue weighted by Crippen LogP contribution is 2.05. The van der Waals surface area contributed by atoms with Crippen molar-refractivity contribution < 1.29 is 14.0 Å². The summed E-state index contributed by atoms with van der Waals surface area (Å²) in [4.78, 5) is 23.4. The molecular formula is C8H13NO3Si. The van der Waals surface area contributed by atoms with E-state index in [1.807, 2.05) is 0 Å². The molecule has 0 aromatic carbocycles. The predicted molar refractivity (Wildman–Crippen MR) is 50.8 cm³/mol. The molecule has 5 heteroatoms. The molecule has 1 rings (SSSR count). The standard InChI is InChI=1S/C8H13NO3Si/c1-12-13-6-2-5-9-7(10)3-4-8(9)11/h3-4H,2,5-6,13H2,1H3. The van der Waals surface area contributed by atoms with Crippen molar-refractivity contribution in [3.63, 3.8) is 0 Å². The summed E-state index contributed by atoms with van der Waals surface area (Å²) in [6.07, 6.45) is 3.49. The highest BCUT2D eigenvalue weighted by Gasteiger charge is 2.21. The molecule has 4 nitrogen and oxygen atoms in total. The van der Waals surface area contributed by atoms with E-state index in [1.165, 1.54) is 17.1 Å². The van der Waals surface area contributed by atoms with Crippen molar-refractivity contribution in [3.05, 3.63) is 12.2 Å². The Hall–Kier alpha value is -0.943. The van der Waals surface area contributed by atoms with Crippen LogP contribution in [0.15, 0.2) is 12.2 Å². The summed E-state index contributed by atoms with van der Waals surface area (Å²) >= 11 is 0. The summed E-state index contributed by atoms with van der Waals surface area (Å²) in [7, 11) is 1.27. The summed E-state index contributed by atoms with van der Waals surface area (Å²) in [6.45, 7) is 0.529. The molecule has 0 fully saturated rings. The number of imide groups is 1. The first-order valence-electron chi connectivity index (χ1n) is 4.28.